The third-order valence-electron chi connectivity index (χ3n) is 6.72. The van der Waals surface area contributed by atoms with E-state index in [9.17, 15) is 4.79 Å². The van der Waals surface area contributed by atoms with E-state index in [0.717, 1.165) is 50.1 Å². The molecule has 0 unspecified atom stereocenters. The molecule has 3 fully saturated rings. The summed E-state index contributed by atoms with van der Waals surface area (Å²) in [6, 6.07) is 8.73. The van der Waals surface area contributed by atoms with E-state index in [2.05, 4.69) is 26.8 Å². The van der Waals surface area contributed by atoms with Gasteiger partial charge in [-0.1, -0.05) is 25.0 Å². The van der Waals surface area contributed by atoms with Gasteiger partial charge in [0.15, 0.2) is 0 Å². The van der Waals surface area contributed by atoms with Crippen molar-refractivity contribution in [3.8, 4) is 5.75 Å². The molecule has 0 bridgehead atoms. The van der Waals surface area contributed by atoms with Gasteiger partial charge in [-0.3, -0.25) is 9.69 Å². The number of carbonyl (C=O) groups is 1. The Bertz CT molecular complexity index is 640. The largest absolute Gasteiger partial charge is 0.495 e. The molecule has 2 atom stereocenters. The lowest BCUT2D eigenvalue weighted by molar-refractivity contribution is -0.138. The van der Waals surface area contributed by atoms with Gasteiger partial charge in [0.25, 0.3) is 0 Å². The summed E-state index contributed by atoms with van der Waals surface area (Å²) in [5.41, 5.74) is 1.16. The molecule has 2 aliphatic heterocycles. The molecule has 5 nitrogen and oxygen atoms in total. The average molecular weight is 372 g/mol. The third kappa shape index (κ3) is 4.08. The summed E-state index contributed by atoms with van der Waals surface area (Å²) >= 11 is 0. The number of fused-ring (bicyclic) bond motifs is 1. The number of carbonyl (C=O) groups excluding carboxylic acids is 1. The zero-order valence-electron chi connectivity index (χ0n) is 16.6. The van der Waals surface area contributed by atoms with Crippen molar-refractivity contribution in [2.75, 3.05) is 51.3 Å². The minimum atomic E-state index is 0.359. The number of benzene rings is 1. The predicted octanol–water partition coefficient (Wildman–Crippen LogP) is 3.00. The average Bonchev–Trinajstić information content (AvgIpc) is 2.74. The number of methoxy groups -OCH3 is 1. The monoisotopic (exact) mass is 371 g/mol. The fourth-order valence-electron chi connectivity index (χ4n) is 5.25. The molecule has 0 aromatic heterocycles. The molecule has 0 N–H and O–H groups in total. The van der Waals surface area contributed by atoms with Crippen LogP contribution < -0.4 is 9.64 Å². The zero-order chi connectivity index (χ0) is 18.6. The van der Waals surface area contributed by atoms with Crippen molar-refractivity contribution in [3.05, 3.63) is 24.3 Å². The van der Waals surface area contributed by atoms with E-state index in [1.807, 2.05) is 12.1 Å². The minimum Gasteiger partial charge on any atom is -0.495 e. The summed E-state index contributed by atoms with van der Waals surface area (Å²) in [6.07, 6.45) is 7.71. The molecule has 3 aliphatic rings. The van der Waals surface area contributed by atoms with E-state index in [-0.39, 0.29) is 0 Å². The number of ether oxygens (including phenoxy) is 1. The van der Waals surface area contributed by atoms with Crippen molar-refractivity contribution in [3.63, 3.8) is 0 Å². The molecular formula is C22H33N3O2. The highest BCUT2D eigenvalue weighted by Gasteiger charge is 2.36. The van der Waals surface area contributed by atoms with Crippen molar-refractivity contribution in [1.29, 1.82) is 0 Å². The number of hydrogen-bond donors (Lipinski definition) is 0. The Labute approximate surface area is 163 Å². The van der Waals surface area contributed by atoms with E-state index in [4.69, 9.17) is 4.74 Å². The SMILES string of the molecule is COc1ccccc1N1CCN(CC(=O)N2CCC[C@H]3CCCC[C@@H]32)CC1. The van der Waals surface area contributed by atoms with Crippen LogP contribution in [-0.4, -0.2) is 68.1 Å². The summed E-state index contributed by atoms with van der Waals surface area (Å²) in [4.78, 5) is 20.0. The second-order valence-electron chi connectivity index (χ2n) is 8.28. The molecule has 2 saturated heterocycles. The van der Waals surface area contributed by atoms with Crippen molar-refractivity contribution < 1.29 is 9.53 Å². The van der Waals surface area contributed by atoms with Gasteiger partial charge in [0.2, 0.25) is 5.91 Å². The number of amides is 1. The molecule has 1 aromatic rings. The number of likely N-dealkylation sites (tertiary alicyclic amines) is 1. The lowest BCUT2D eigenvalue weighted by Crippen LogP contribution is -2.54. The zero-order valence-corrected chi connectivity index (χ0v) is 16.6. The fourth-order valence-corrected chi connectivity index (χ4v) is 5.25. The summed E-state index contributed by atoms with van der Waals surface area (Å²) < 4.78 is 5.50. The molecule has 0 spiro atoms. The van der Waals surface area contributed by atoms with Gasteiger partial charge in [-0.2, -0.15) is 0 Å². The summed E-state index contributed by atoms with van der Waals surface area (Å²) in [7, 11) is 1.73. The Morgan fingerprint density at radius 1 is 1.00 bits per heavy atom. The number of para-hydroxylation sites is 2. The molecule has 5 heteroatoms. The Hall–Kier alpha value is -1.75. The van der Waals surface area contributed by atoms with Crippen LogP contribution in [-0.2, 0) is 4.79 Å². The highest BCUT2D eigenvalue weighted by Crippen LogP contribution is 2.35. The van der Waals surface area contributed by atoms with Crippen LogP contribution in [0.25, 0.3) is 0 Å². The van der Waals surface area contributed by atoms with Crippen LogP contribution in [0.4, 0.5) is 5.69 Å². The highest BCUT2D eigenvalue weighted by molar-refractivity contribution is 5.79. The van der Waals surface area contributed by atoms with Crippen molar-refractivity contribution in [2.45, 2.75) is 44.6 Å². The second kappa shape index (κ2) is 8.51. The van der Waals surface area contributed by atoms with Crippen molar-refractivity contribution in [2.24, 2.45) is 5.92 Å². The van der Waals surface area contributed by atoms with Gasteiger partial charge in [0.1, 0.15) is 5.75 Å². The van der Waals surface area contributed by atoms with Crippen LogP contribution in [0.2, 0.25) is 0 Å². The summed E-state index contributed by atoms with van der Waals surface area (Å²) in [6.45, 7) is 5.32. The lowest BCUT2D eigenvalue weighted by Gasteiger charge is -2.45. The molecule has 4 rings (SSSR count). The second-order valence-corrected chi connectivity index (χ2v) is 8.28. The first-order chi connectivity index (χ1) is 13.3. The van der Waals surface area contributed by atoms with E-state index in [0.29, 0.717) is 18.5 Å². The van der Waals surface area contributed by atoms with E-state index in [1.54, 1.807) is 7.11 Å². The Balaban J connectivity index is 1.32. The van der Waals surface area contributed by atoms with Crippen LogP contribution >= 0.6 is 0 Å². The fraction of sp³-hybridized carbons (Fsp3) is 0.682. The Morgan fingerprint density at radius 2 is 1.74 bits per heavy atom. The van der Waals surface area contributed by atoms with Gasteiger partial charge in [-0.15, -0.1) is 0 Å². The first-order valence-corrected chi connectivity index (χ1v) is 10.7. The molecule has 2 heterocycles. The number of rotatable bonds is 4. The molecule has 148 valence electrons. The van der Waals surface area contributed by atoms with Crippen molar-refractivity contribution in [1.82, 2.24) is 9.80 Å². The maximum absolute atomic E-state index is 13.0. The number of piperidine rings is 1. The molecule has 1 aliphatic carbocycles. The maximum Gasteiger partial charge on any atom is 0.237 e. The molecule has 27 heavy (non-hydrogen) atoms. The first-order valence-electron chi connectivity index (χ1n) is 10.7. The Kier molecular flexibility index (Phi) is 5.86. The standard InChI is InChI=1S/C22H33N3O2/c1-27-21-11-5-4-10-20(21)24-15-13-23(14-16-24)17-22(26)25-12-6-8-18-7-2-3-9-19(18)25/h4-5,10-11,18-19H,2-3,6-9,12-17H2,1H3/t18-,19+/m1/s1. The van der Waals surface area contributed by atoms with Crippen LogP contribution in [0.1, 0.15) is 38.5 Å². The third-order valence-corrected chi connectivity index (χ3v) is 6.72. The predicted molar refractivity (Wildman–Crippen MR) is 108 cm³/mol. The molecule has 0 radical (unpaired) electrons. The van der Waals surface area contributed by atoms with Crippen molar-refractivity contribution >= 4 is 11.6 Å². The van der Waals surface area contributed by atoms with Crippen LogP contribution in [0, 0.1) is 5.92 Å². The Morgan fingerprint density at radius 3 is 2.56 bits per heavy atom. The highest BCUT2D eigenvalue weighted by atomic mass is 16.5. The van der Waals surface area contributed by atoms with E-state index < -0.39 is 0 Å². The normalized spacial score (nSPS) is 26.6. The first kappa shape index (κ1) is 18.6. The topological polar surface area (TPSA) is 36.0 Å². The van der Waals surface area contributed by atoms with Gasteiger partial charge in [-0.25, -0.2) is 0 Å². The van der Waals surface area contributed by atoms with Gasteiger partial charge in [0.05, 0.1) is 19.3 Å². The van der Waals surface area contributed by atoms with E-state index in [1.165, 1.54) is 38.5 Å². The van der Waals surface area contributed by atoms with Crippen LogP contribution in [0.5, 0.6) is 5.75 Å². The number of piperazine rings is 1. The number of nitrogens with zero attached hydrogens (tertiary/aromatic N) is 3. The van der Waals surface area contributed by atoms with Gasteiger partial charge < -0.3 is 14.5 Å². The maximum atomic E-state index is 13.0. The smallest absolute Gasteiger partial charge is 0.237 e. The van der Waals surface area contributed by atoms with Gasteiger partial charge in [0, 0.05) is 38.8 Å². The van der Waals surface area contributed by atoms with Gasteiger partial charge >= 0.3 is 0 Å². The lowest BCUT2D eigenvalue weighted by atomic mass is 9.78. The molecule has 1 saturated carbocycles. The van der Waals surface area contributed by atoms with E-state index >= 15 is 0 Å². The number of hydrogen-bond acceptors (Lipinski definition) is 4. The molecular weight excluding hydrogens is 338 g/mol. The molecule has 1 aromatic carbocycles. The van der Waals surface area contributed by atoms with Crippen LogP contribution in [0.3, 0.4) is 0 Å². The van der Waals surface area contributed by atoms with Gasteiger partial charge in [-0.05, 0) is 43.7 Å². The summed E-state index contributed by atoms with van der Waals surface area (Å²) in [5, 5.41) is 0. The van der Waals surface area contributed by atoms with Crippen LogP contribution in [0.15, 0.2) is 24.3 Å². The minimum absolute atomic E-state index is 0.359. The molecule has 1 amide bonds. The quantitative estimate of drug-likeness (QED) is 0.815. The number of anilines is 1. The summed E-state index contributed by atoms with van der Waals surface area (Å²) in [5.74, 6) is 2.05.